The largest absolute Gasteiger partial charge is 0.480 e. The summed E-state index contributed by atoms with van der Waals surface area (Å²) in [7, 11) is 0. The van der Waals surface area contributed by atoms with Crippen LogP contribution < -0.4 is 16.8 Å². The number of carbonyl (C=O) groups excluding carboxylic acids is 1. The zero-order valence-corrected chi connectivity index (χ0v) is 12.1. The third-order valence-corrected chi connectivity index (χ3v) is 1.79. The average molecular weight is 329 g/mol. The Hall–Kier alpha value is -2.98. The predicted octanol–water partition coefficient (Wildman–Crippen LogP) is -1.44. The molecule has 0 fully saturated rings. The number of carboxylic acid groups (broad SMARTS) is 3. The lowest BCUT2D eigenvalue weighted by Gasteiger charge is -2.00. The van der Waals surface area contributed by atoms with Gasteiger partial charge in [0.2, 0.25) is 0 Å². The second-order valence-corrected chi connectivity index (χ2v) is 3.64. The van der Waals surface area contributed by atoms with E-state index in [1.54, 1.807) is 30.3 Å². The van der Waals surface area contributed by atoms with Crippen LogP contribution in [0.25, 0.3) is 0 Å². The third-order valence-electron chi connectivity index (χ3n) is 1.79. The summed E-state index contributed by atoms with van der Waals surface area (Å²) in [5.41, 5.74) is 9.61. The molecule has 0 heterocycles. The van der Waals surface area contributed by atoms with Crippen LogP contribution in [0.5, 0.6) is 0 Å². The highest BCUT2D eigenvalue weighted by Gasteiger charge is 2.04. The van der Waals surface area contributed by atoms with Crippen molar-refractivity contribution in [2.45, 2.75) is 0 Å². The van der Waals surface area contributed by atoms with E-state index in [-0.39, 0.29) is 25.5 Å². The highest BCUT2D eigenvalue weighted by atomic mass is 16.4. The molecule has 1 aromatic carbocycles. The molecule has 0 aliphatic heterocycles. The van der Waals surface area contributed by atoms with Gasteiger partial charge in [-0.3, -0.25) is 19.2 Å². The van der Waals surface area contributed by atoms with Gasteiger partial charge in [-0.15, -0.1) is 0 Å². The van der Waals surface area contributed by atoms with E-state index in [0.717, 1.165) is 0 Å². The number of nitrogens with two attached hydrogens (primary N) is 2. The lowest BCUT2D eigenvalue weighted by atomic mass is 10.2. The average Bonchev–Trinajstić information content (AvgIpc) is 2.54. The number of carbonyl (C=O) groups is 4. The standard InChI is InChI=1S/C9H9NO3.2C2H5NO2/c11-8(12)6-10-9(13)7-4-2-1-3-5-7;2*3-1-2(4)5/h1-5H,6H2,(H,10,13)(H,11,12);2*1,3H2,(H,4,5). The van der Waals surface area contributed by atoms with Gasteiger partial charge in [-0.1, -0.05) is 18.2 Å². The van der Waals surface area contributed by atoms with Gasteiger partial charge in [0, 0.05) is 5.56 Å². The van der Waals surface area contributed by atoms with Gasteiger partial charge >= 0.3 is 17.9 Å². The number of carboxylic acids is 3. The highest BCUT2D eigenvalue weighted by Crippen LogP contribution is 1.96. The van der Waals surface area contributed by atoms with Crippen LogP contribution in [-0.2, 0) is 14.4 Å². The summed E-state index contributed by atoms with van der Waals surface area (Å²) in [5, 5.41) is 25.7. The van der Waals surface area contributed by atoms with Gasteiger partial charge in [0.25, 0.3) is 5.91 Å². The molecule has 0 aromatic heterocycles. The maximum Gasteiger partial charge on any atom is 0.322 e. The van der Waals surface area contributed by atoms with E-state index in [1.807, 2.05) is 0 Å². The molecule has 0 radical (unpaired) electrons. The van der Waals surface area contributed by atoms with Gasteiger partial charge in [0.05, 0.1) is 13.1 Å². The van der Waals surface area contributed by atoms with Crippen LogP contribution in [0.15, 0.2) is 30.3 Å². The van der Waals surface area contributed by atoms with E-state index in [4.69, 9.17) is 15.3 Å². The first-order chi connectivity index (χ1) is 10.7. The van der Waals surface area contributed by atoms with Crippen molar-refractivity contribution in [3.05, 3.63) is 35.9 Å². The molecule has 0 aliphatic rings. The lowest BCUT2D eigenvalue weighted by Crippen LogP contribution is -2.29. The molecule has 0 aliphatic carbocycles. The molecule has 8 N–H and O–H groups in total. The van der Waals surface area contributed by atoms with Crippen molar-refractivity contribution in [3.8, 4) is 0 Å². The molecule has 10 nitrogen and oxygen atoms in total. The minimum absolute atomic E-state index is 0.278. The minimum atomic E-state index is -1.05. The van der Waals surface area contributed by atoms with E-state index in [2.05, 4.69) is 16.8 Å². The SMILES string of the molecule is NCC(=O)O.NCC(=O)O.O=C(O)CNC(=O)c1ccccc1. The summed E-state index contributed by atoms with van der Waals surface area (Å²) in [5.74, 6) is -3.36. The zero-order chi connectivity index (χ0) is 18.3. The van der Waals surface area contributed by atoms with Crippen molar-refractivity contribution in [2.24, 2.45) is 11.5 Å². The second-order valence-electron chi connectivity index (χ2n) is 3.64. The van der Waals surface area contributed by atoms with E-state index in [0.29, 0.717) is 5.56 Å². The Bertz CT molecular complexity index is 492. The Morgan fingerprint density at radius 2 is 1.22 bits per heavy atom. The molecule has 1 amide bonds. The van der Waals surface area contributed by atoms with Crippen LogP contribution in [-0.4, -0.2) is 58.8 Å². The van der Waals surface area contributed by atoms with E-state index in [1.165, 1.54) is 0 Å². The fraction of sp³-hybridized carbons (Fsp3) is 0.231. The summed E-state index contributed by atoms with van der Waals surface area (Å²) >= 11 is 0. The van der Waals surface area contributed by atoms with Crippen molar-refractivity contribution < 1.29 is 34.5 Å². The maximum absolute atomic E-state index is 11.2. The number of hydrogen-bond donors (Lipinski definition) is 6. The number of nitrogens with one attached hydrogen (secondary N) is 1. The minimum Gasteiger partial charge on any atom is -0.480 e. The molecule has 0 unspecified atom stereocenters. The molecule has 23 heavy (non-hydrogen) atoms. The Morgan fingerprint density at radius 1 is 0.826 bits per heavy atom. The molecule has 0 bridgehead atoms. The number of benzene rings is 1. The molecular weight excluding hydrogens is 310 g/mol. The smallest absolute Gasteiger partial charge is 0.322 e. The van der Waals surface area contributed by atoms with Gasteiger partial charge in [-0.05, 0) is 12.1 Å². The Labute approximate surface area is 131 Å². The summed E-state index contributed by atoms with van der Waals surface area (Å²) in [6, 6.07) is 8.47. The first kappa shape index (κ1) is 22.3. The molecule has 0 saturated carbocycles. The Kier molecular flexibility index (Phi) is 13.6. The van der Waals surface area contributed by atoms with Crippen molar-refractivity contribution in [1.82, 2.24) is 5.32 Å². The molecule has 0 atom stereocenters. The van der Waals surface area contributed by atoms with Crippen LogP contribution >= 0.6 is 0 Å². The fourth-order valence-electron chi connectivity index (χ4n) is 0.847. The van der Waals surface area contributed by atoms with Crippen molar-refractivity contribution >= 4 is 23.8 Å². The molecule has 10 heteroatoms. The van der Waals surface area contributed by atoms with Gasteiger partial charge in [0.1, 0.15) is 6.54 Å². The van der Waals surface area contributed by atoms with Crippen LogP contribution in [0.1, 0.15) is 10.4 Å². The third kappa shape index (κ3) is 17.0. The molecule has 1 aromatic rings. The lowest BCUT2D eigenvalue weighted by molar-refractivity contribution is -0.136. The van der Waals surface area contributed by atoms with E-state index >= 15 is 0 Å². The topological polar surface area (TPSA) is 193 Å². The van der Waals surface area contributed by atoms with E-state index < -0.39 is 17.9 Å². The summed E-state index contributed by atoms with van der Waals surface area (Å²) in [6.45, 7) is -0.909. The molecule has 1 rings (SSSR count). The number of rotatable bonds is 5. The van der Waals surface area contributed by atoms with Crippen molar-refractivity contribution in [3.63, 3.8) is 0 Å². The molecule has 0 saturated heterocycles. The molecule has 0 spiro atoms. The van der Waals surface area contributed by atoms with Gasteiger partial charge in [-0.25, -0.2) is 0 Å². The Balaban J connectivity index is 0. The first-order valence-electron chi connectivity index (χ1n) is 6.13. The number of aliphatic carboxylic acids is 3. The molecule has 128 valence electrons. The second kappa shape index (κ2) is 14.0. The Morgan fingerprint density at radius 3 is 1.52 bits per heavy atom. The monoisotopic (exact) mass is 329 g/mol. The number of hydrogen-bond acceptors (Lipinski definition) is 6. The zero-order valence-electron chi connectivity index (χ0n) is 12.1. The first-order valence-corrected chi connectivity index (χ1v) is 6.13. The maximum atomic E-state index is 11.2. The van der Waals surface area contributed by atoms with Crippen LogP contribution in [0.2, 0.25) is 0 Å². The van der Waals surface area contributed by atoms with Crippen LogP contribution in [0.4, 0.5) is 0 Å². The predicted molar refractivity (Wildman–Crippen MR) is 79.8 cm³/mol. The van der Waals surface area contributed by atoms with Gasteiger partial charge in [-0.2, -0.15) is 0 Å². The van der Waals surface area contributed by atoms with Crippen LogP contribution in [0.3, 0.4) is 0 Å². The number of amides is 1. The van der Waals surface area contributed by atoms with E-state index in [9.17, 15) is 19.2 Å². The molecular formula is C13H19N3O7. The van der Waals surface area contributed by atoms with Gasteiger partial charge < -0.3 is 32.1 Å². The summed E-state index contributed by atoms with van der Waals surface area (Å²) in [4.78, 5) is 39.8. The van der Waals surface area contributed by atoms with Gasteiger partial charge in [0.15, 0.2) is 0 Å². The quantitative estimate of drug-likeness (QED) is 0.375. The normalized spacial score (nSPS) is 8.43. The van der Waals surface area contributed by atoms with Crippen molar-refractivity contribution in [2.75, 3.05) is 19.6 Å². The highest BCUT2D eigenvalue weighted by molar-refractivity contribution is 5.95. The van der Waals surface area contributed by atoms with Crippen LogP contribution in [0, 0.1) is 0 Å². The summed E-state index contributed by atoms with van der Waals surface area (Å²) < 4.78 is 0. The van der Waals surface area contributed by atoms with Crippen molar-refractivity contribution in [1.29, 1.82) is 0 Å². The fourth-order valence-corrected chi connectivity index (χ4v) is 0.847. The summed E-state index contributed by atoms with van der Waals surface area (Å²) in [6.07, 6.45) is 0.